The Morgan fingerprint density at radius 3 is 2.62 bits per heavy atom. The highest BCUT2D eigenvalue weighted by Gasteiger charge is 2.25. The van der Waals surface area contributed by atoms with E-state index < -0.39 is 0 Å². The van der Waals surface area contributed by atoms with Crippen molar-refractivity contribution >= 4 is 23.3 Å². The molecule has 0 bridgehead atoms. The maximum absolute atomic E-state index is 6.00. The number of nitrogens with zero attached hydrogens (tertiary/aromatic N) is 1. The van der Waals surface area contributed by atoms with Crippen LogP contribution >= 0.6 is 11.6 Å². The van der Waals surface area contributed by atoms with Crippen LogP contribution < -0.4 is 9.64 Å². The minimum absolute atomic E-state index is 0.527. The normalized spacial score (nSPS) is 18.9. The molecule has 2 aromatic carbocycles. The van der Waals surface area contributed by atoms with E-state index >= 15 is 0 Å². The molecule has 1 atom stereocenters. The van der Waals surface area contributed by atoms with E-state index in [2.05, 4.69) is 61.5 Å². The molecule has 1 unspecified atom stereocenters. The summed E-state index contributed by atoms with van der Waals surface area (Å²) in [6, 6.07) is 16.4. The van der Waals surface area contributed by atoms with Crippen LogP contribution in [0.1, 0.15) is 24.0 Å². The number of allylic oxidation sites excluding steroid dienone is 2. The van der Waals surface area contributed by atoms with E-state index in [1.165, 1.54) is 22.3 Å². The number of hydrogen-bond donors (Lipinski definition) is 0. The molecular formula is C23H26ClNO+. The number of hydrogen-bond acceptors (Lipinski definition) is 2. The lowest BCUT2D eigenvalue weighted by molar-refractivity contribution is 0.414. The minimum atomic E-state index is 0.527. The number of benzene rings is 2. The smallest absolute Gasteiger partial charge is 0.129 e. The van der Waals surface area contributed by atoms with Crippen molar-refractivity contribution in [2.75, 3.05) is 27.7 Å². The largest absolute Gasteiger partial charge is 0.497 e. The van der Waals surface area contributed by atoms with E-state index in [-0.39, 0.29) is 0 Å². The molecule has 0 heterocycles. The van der Waals surface area contributed by atoms with Gasteiger partial charge in [-0.1, -0.05) is 48.0 Å². The molecule has 0 spiro atoms. The molecule has 0 amide bonds. The van der Waals surface area contributed by atoms with Gasteiger partial charge in [-0.15, -0.1) is 0 Å². The first-order valence-corrected chi connectivity index (χ1v) is 9.40. The summed E-state index contributed by atoms with van der Waals surface area (Å²) in [6.45, 7) is 1.05. The lowest BCUT2D eigenvalue weighted by atomic mass is 9.81. The van der Waals surface area contributed by atoms with Gasteiger partial charge in [0.2, 0.25) is 0 Å². The molecular weight excluding hydrogens is 342 g/mol. The first kappa shape index (κ1) is 18.8. The highest BCUT2D eigenvalue weighted by Crippen LogP contribution is 2.36. The van der Waals surface area contributed by atoms with Gasteiger partial charge in [-0.25, -0.2) is 0 Å². The van der Waals surface area contributed by atoms with Gasteiger partial charge in [0.25, 0.3) is 0 Å². The van der Waals surface area contributed by atoms with Crippen LogP contribution in [0.25, 0.3) is 11.6 Å². The molecule has 1 aliphatic carbocycles. The fraction of sp³-hybridized carbons (Fsp3) is 0.304. The van der Waals surface area contributed by atoms with Gasteiger partial charge in [0, 0.05) is 10.9 Å². The summed E-state index contributed by atoms with van der Waals surface area (Å²) in [5.41, 5.74) is 5.19. The van der Waals surface area contributed by atoms with Gasteiger partial charge in [-0.2, -0.15) is 4.90 Å². The van der Waals surface area contributed by atoms with Crippen LogP contribution in [0.15, 0.2) is 60.2 Å². The second-order valence-electron chi connectivity index (χ2n) is 7.10. The van der Waals surface area contributed by atoms with Crippen molar-refractivity contribution in [3.05, 3.63) is 76.3 Å². The topological polar surface area (TPSA) is 15.1 Å². The van der Waals surface area contributed by atoms with Gasteiger partial charge in [0.1, 0.15) is 26.4 Å². The average Bonchev–Trinajstić information content (AvgIpc) is 2.64. The Morgan fingerprint density at radius 1 is 1.15 bits per heavy atom. The zero-order chi connectivity index (χ0) is 18.5. The summed E-state index contributed by atoms with van der Waals surface area (Å²) >= 11 is 6.00. The van der Waals surface area contributed by atoms with Crippen LogP contribution in [0.3, 0.4) is 0 Å². The molecule has 1 radical (unpaired) electrons. The van der Waals surface area contributed by atoms with Gasteiger partial charge in [-0.3, -0.25) is 0 Å². The van der Waals surface area contributed by atoms with E-state index in [0.29, 0.717) is 5.92 Å². The minimum Gasteiger partial charge on any atom is -0.497 e. The number of ether oxygens (including phenoxy) is 1. The molecule has 26 heavy (non-hydrogen) atoms. The quantitative estimate of drug-likeness (QED) is 0.625. The van der Waals surface area contributed by atoms with Crippen LogP contribution in [0, 0.1) is 5.92 Å². The first-order chi connectivity index (χ1) is 12.5. The number of methoxy groups -OCH3 is 1. The molecule has 0 aromatic heterocycles. The predicted molar refractivity (Wildman–Crippen MR) is 112 cm³/mol. The van der Waals surface area contributed by atoms with Crippen LogP contribution in [0.4, 0.5) is 0 Å². The molecule has 3 rings (SSSR count). The zero-order valence-electron chi connectivity index (χ0n) is 15.7. The Morgan fingerprint density at radius 2 is 1.92 bits per heavy atom. The van der Waals surface area contributed by atoms with E-state index in [1.807, 2.05) is 18.2 Å². The molecule has 3 heteroatoms. The van der Waals surface area contributed by atoms with Crippen LogP contribution in [-0.4, -0.2) is 27.7 Å². The van der Waals surface area contributed by atoms with Gasteiger partial charge in [0.05, 0.1) is 7.11 Å². The van der Waals surface area contributed by atoms with Crippen molar-refractivity contribution in [2.24, 2.45) is 5.92 Å². The fourth-order valence-corrected chi connectivity index (χ4v) is 3.65. The third-order valence-electron chi connectivity index (χ3n) is 4.77. The fourth-order valence-electron chi connectivity index (χ4n) is 3.53. The molecule has 2 nitrogen and oxygen atoms in total. The highest BCUT2D eigenvalue weighted by atomic mass is 35.5. The Hall–Kier alpha value is -2.03. The van der Waals surface area contributed by atoms with Crippen molar-refractivity contribution in [3.63, 3.8) is 0 Å². The Bertz CT molecular complexity index is 805. The maximum Gasteiger partial charge on any atom is 0.129 e. The summed E-state index contributed by atoms with van der Waals surface area (Å²) < 4.78 is 5.43. The van der Waals surface area contributed by atoms with Crippen molar-refractivity contribution in [3.8, 4) is 5.75 Å². The molecule has 0 saturated heterocycles. The second-order valence-corrected chi connectivity index (χ2v) is 7.54. The van der Waals surface area contributed by atoms with E-state index in [4.69, 9.17) is 16.3 Å². The highest BCUT2D eigenvalue weighted by molar-refractivity contribution is 6.30. The summed E-state index contributed by atoms with van der Waals surface area (Å²) in [6.07, 6.45) is 6.87. The van der Waals surface area contributed by atoms with Crippen molar-refractivity contribution in [2.45, 2.75) is 12.8 Å². The molecule has 0 fully saturated rings. The average molecular weight is 368 g/mol. The number of halogens is 1. The van der Waals surface area contributed by atoms with Crippen LogP contribution in [0.2, 0.25) is 5.02 Å². The van der Waals surface area contributed by atoms with Gasteiger partial charge < -0.3 is 4.74 Å². The Kier molecular flexibility index (Phi) is 6.18. The summed E-state index contributed by atoms with van der Waals surface area (Å²) in [4.78, 5) is 2.27. The Balaban J connectivity index is 1.97. The lowest BCUT2D eigenvalue weighted by Gasteiger charge is -2.25. The van der Waals surface area contributed by atoms with Crippen molar-refractivity contribution in [1.29, 1.82) is 0 Å². The first-order valence-electron chi connectivity index (χ1n) is 9.02. The molecule has 2 aromatic rings. The predicted octanol–water partition coefficient (Wildman–Crippen LogP) is 5.63. The number of rotatable bonds is 5. The van der Waals surface area contributed by atoms with Crippen LogP contribution in [0.5, 0.6) is 5.75 Å². The van der Waals surface area contributed by atoms with Crippen molar-refractivity contribution < 1.29 is 4.74 Å². The SMILES string of the molecule is COc1cccc(C2=C/C(=C\c3ccc(Cl)cc3)CCC2C[N+](C)C)c1. The standard InChI is InChI=1S/C23H26ClNO/c1-25(2)16-20-10-7-18(13-17-8-11-21(24)12-9-17)14-23(20)19-5-4-6-22(15-19)26-3/h4-6,8-9,11-15,20H,7,10,16H2,1-3H3/q+1/b18-13-. The summed E-state index contributed by atoms with van der Waals surface area (Å²) in [5, 5.41) is 0.773. The molecule has 135 valence electrons. The maximum atomic E-state index is 6.00. The third-order valence-corrected chi connectivity index (χ3v) is 5.02. The molecule has 0 saturated carbocycles. The summed E-state index contributed by atoms with van der Waals surface area (Å²) in [7, 11) is 6.00. The van der Waals surface area contributed by atoms with E-state index in [9.17, 15) is 0 Å². The van der Waals surface area contributed by atoms with Crippen LogP contribution in [-0.2, 0) is 0 Å². The molecule has 0 aliphatic heterocycles. The molecule has 0 N–H and O–H groups in total. The Labute approximate surface area is 161 Å². The lowest BCUT2D eigenvalue weighted by Crippen LogP contribution is -2.28. The monoisotopic (exact) mass is 367 g/mol. The second kappa shape index (κ2) is 8.57. The van der Waals surface area contributed by atoms with E-state index in [1.54, 1.807) is 7.11 Å². The molecule has 1 aliphatic rings. The zero-order valence-corrected chi connectivity index (χ0v) is 16.5. The third kappa shape index (κ3) is 4.78. The van der Waals surface area contributed by atoms with Gasteiger partial charge in [-0.05, 0) is 59.4 Å². The van der Waals surface area contributed by atoms with Crippen molar-refractivity contribution in [1.82, 2.24) is 4.90 Å². The summed E-state index contributed by atoms with van der Waals surface area (Å²) in [5.74, 6) is 1.43. The van der Waals surface area contributed by atoms with Gasteiger partial charge in [0.15, 0.2) is 0 Å². The van der Waals surface area contributed by atoms with E-state index in [0.717, 1.165) is 30.2 Å². The van der Waals surface area contributed by atoms with Gasteiger partial charge >= 0.3 is 0 Å².